The molecule has 1 saturated carbocycles. The molecule has 1 aliphatic carbocycles. The second-order valence-corrected chi connectivity index (χ2v) is 7.91. The second kappa shape index (κ2) is 6.99. The Morgan fingerprint density at radius 1 is 1.07 bits per heavy atom. The van der Waals surface area contributed by atoms with E-state index < -0.39 is 11.2 Å². The molecule has 0 aliphatic heterocycles. The summed E-state index contributed by atoms with van der Waals surface area (Å²) in [6.07, 6.45) is 4.32. The average molecular weight is 425 g/mol. The van der Waals surface area contributed by atoms with Crippen LogP contribution in [0.1, 0.15) is 18.4 Å². The highest BCUT2D eigenvalue weighted by molar-refractivity contribution is 6.35. The summed E-state index contributed by atoms with van der Waals surface area (Å²) >= 11 is 18.3. The minimum absolute atomic E-state index is 0.180. The lowest BCUT2D eigenvalue weighted by atomic mass is 9.85. The predicted molar refractivity (Wildman–Crippen MR) is 104 cm³/mol. The molecule has 1 atom stereocenters. The SMILES string of the molecule is OC(Cn1cncn1)(c1ccc(Cl)cc1)C1(Oc2ccc(Cl)cc2Cl)CC1. The van der Waals surface area contributed by atoms with E-state index in [1.165, 1.54) is 6.33 Å². The van der Waals surface area contributed by atoms with Gasteiger partial charge in [-0.25, -0.2) is 9.67 Å². The summed E-state index contributed by atoms with van der Waals surface area (Å²) in [6, 6.07) is 12.1. The molecular weight excluding hydrogens is 409 g/mol. The summed E-state index contributed by atoms with van der Waals surface area (Å²) in [6.45, 7) is 0.180. The van der Waals surface area contributed by atoms with Crippen LogP contribution in [0.5, 0.6) is 5.75 Å². The Labute approximate surface area is 171 Å². The summed E-state index contributed by atoms with van der Waals surface area (Å²) in [4.78, 5) is 3.97. The van der Waals surface area contributed by atoms with Crippen molar-refractivity contribution in [1.82, 2.24) is 14.8 Å². The molecule has 1 aliphatic rings. The lowest BCUT2D eigenvalue weighted by Gasteiger charge is -2.37. The predicted octanol–water partition coefficient (Wildman–Crippen LogP) is 4.74. The van der Waals surface area contributed by atoms with E-state index in [4.69, 9.17) is 39.5 Å². The monoisotopic (exact) mass is 423 g/mol. The number of halogens is 3. The van der Waals surface area contributed by atoms with Crippen LogP contribution >= 0.6 is 34.8 Å². The molecule has 0 spiro atoms. The highest BCUT2D eigenvalue weighted by atomic mass is 35.5. The molecule has 3 aromatic rings. The van der Waals surface area contributed by atoms with Crippen LogP contribution in [0.3, 0.4) is 0 Å². The highest BCUT2D eigenvalue weighted by Crippen LogP contribution is 2.54. The van der Waals surface area contributed by atoms with Crippen molar-refractivity contribution in [3.05, 3.63) is 75.8 Å². The third-order valence-electron chi connectivity index (χ3n) is 4.84. The summed E-state index contributed by atoms with van der Waals surface area (Å²) in [7, 11) is 0. The molecule has 27 heavy (non-hydrogen) atoms. The summed E-state index contributed by atoms with van der Waals surface area (Å²) in [5.41, 5.74) is -1.51. The average Bonchev–Trinajstić information content (AvgIpc) is 3.26. The maximum absolute atomic E-state index is 11.8. The largest absolute Gasteiger partial charge is 0.482 e. The Bertz CT molecular complexity index is 943. The van der Waals surface area contributed by atoms with Gasteiger partial charge in [0.1, 0.15) is 29.6 Å². The fourth-order valence-electron chi connectivity index (χ4n) is 3.25. The van der Waals surface area contributed by atoms with Crippen molar-refractivity contribution in [3.63, 3.8) is 0 Å². The third kappa shape index (κ3) is 3.52. The molecule has 0 amide bonds. The van der Waals surface area contributed by atoms with Gasteiger partial charge >= 0.3 is 0 Å². The molecule has 1 unspecified atom stereocenters. The minimum atomic E-state index is -1.35. The zero-order valence-corrected chi connectivity index (χ0v) is 16.4. The van der Waals surface area contributed by atoms with Gasteiger partial charge in [-0.1, -0.05) is 46.9 Å². The van der Waals surface area contributed by atoms with Crippen molar-refractivity contribution in [2.24, 2.45) is 0 Å². The number of hydrogen-bond acceptors (Lipinski definition) is 4. The summed E-state index contributed by atoms with van der Waals surface area (Å²) in [5, 5.41) is 17.5. The Morgan fingerprint density at radius 3 is 2.37 bits per heavy atom. The molecular formula is C19H16Cl3N3O2. The first-order valence-electron chi connectivity index (χ1n) is 8.37. The van der Waals surface area contributed by atoms with E-state index in [1.807, 2.05) is 0 Å². The fraction of sp³-hybridized carbons (Fsp3) is 0.263. The number of rotatable bonds is 6. The van der Waals surface area contributed by atoms with Crippen LogP contribution in [0.15, 0.2) is 55.1 Å². The zero-order valence-electron chi connectivity index (χ0n) is 14.1. The van der Waals surface area contributed by atoms with Crippen molar-refractivity contribution in [3.8, 4) is 5.75 Å². The molecule has 0 saturated heterocycles. The number of nitrogens with zero attached hydrogens (tertiary/aromatic N) is 3. The van der Waals surface area contributed by atoms with Crippen LogP contribution < -0.4 is 4.74 Å². The number of aliphatic hydroxyl groups is 1. The van der Waals surface area contributed by atoms with Gasteiger partial charge in [-0.2, -0.15) is 5.10 Å². The molecule has 1 aromatic heterocycles. The molecule has 8 heteroatoms. The molecule has 1 N–H and O–H groups in total. The van der Waals surface area contributed by atoms with Gasteiger partial charge in [-0.05, 0) is 48.7 Å². The van der Waals surface area contributed by atoms with Crippen LogP contribution in [-0.4, -0.2) is 25.5 Å². The van der Waals surface area contributed by atoms with E-state index in [0.717, 1.165) is 0 Å². The van der Waals surface area contributed by atoms with Crippen LogP contribution in [0.25, 0.3) is 0 Å². The molecule has 2 aromatic carbocycles. The Balaban J connectivity index is 1.74. The van der Waals surface area contributed by atoms with Crippen molar-refractivity contribution < 1.29 is 9.84 Å². The maximum Gasteiger partial charge on any atom is 0.149 e. The number of hydrogen-bond donors (Lipinski definition) is 1. The van der Waals surface area contributed by atoms with Crippen LogP contribution in [-0.2, 0) is 12.1 Å². The zero-order chi connectivity index (χ0) is 19.1. The molecule has 0 radical (unpaired) electrons. The topological polar surface area (TPSA) is 60.2 Å². The highest BCUT2D eigenvalue weighted by Gasteiger charge is 2.63. The van der Waals surface area contributed by atoms with Gasteiger partial charge in [0, 0.05) is 10.0 Å². The quantitative estimate of drug-likeness (QED) is 0.621. The van der Waals surface area contributed by atoms with E-state index in [9.17, 15) is 5.11 Å². The van der Waals surface area contributed by atoms with Crippen molar-refractivity contribution in [1.29, 1.82) is 0 Å². The van der Waals surface area contributed by atoms with E-state index >= 15 is 0 Å². The Hall–Kier alpha value is -1.79. The lowest BCUT2D eigenvalue weighted by Crippen LogP contribution is -2.49. The van der Waals surface area contributed by atoms with Crippen LogP contribution in [0, 0.1) is 0 Å². The smallest absolute Gasteiger partial charge is 0.149 e. The second-order valence-electron chi connectivity index (χ2n) is 6.63. The molecule has 0 bridgehead atoms. The van der Waals surface area contributed by atoms with Gasteiger partial charge in [-0.15, -0.1) is 0 Å². The van der Waals surface area contributed by atoms with E-state index in [-0.39, 0.29) is 6.54 Å². The first-order chi connectivity index (χ1) is 12.9. The molecule has 1 heterocycles. The summed E-state index contributed by atoms with van der Waals surface area (Å²) in [5.74, 6) is 0.476. The van der Waals surface area contributed by atoms with Gasteiger partial charge in [-0.3, -0.25) is 0 Å². The number of aromatic nitrogens is 3. The maximum atomic E-state index is 11.8. The molecule has 4 rings (SSSR count). The number of benzene rings is 2. The first-order valence-corrected chi connectivity index (χ1v) is 9.50. The van der Waals surface area contributed by atoms with Crippen LogP contribution in [0.2, 0.25) is 15.1 Å². The Morgan fingerprint density at radius 2 is 1.78 bits per heavy atom. The Kier molecular flexibility index (Phi) is 4.80. The normalized spacial score (nSPS) is 17.3. The minimum Gasteiger partial charge on any atom is -0.482 e. The fourth-order valence-corrected chi connectivity index (χ4v) is 3.83. The van der Waals surface area contributed by atoms with Gasteiger partial charge in [0.15, 0.2) is 0 Å². The standard InChI is InChI=1S/C19H16Cl3N3O2/c20-14-3-1-13(2-4-14)19(26,10-25-12-23-11-24-25)18(7-8-18)27-17-6-5-15(21)9-16(17)22/h1-6,9,11-12,26H,7-8,10H2. The van der Waals surface area contributed by atoms with Gasteiger partial charge in [0.25, 0.3) is 0 Å². The van der Waals surface area contributed by atoms with Crippen molar-refractivity contribution in [2.45, 2.75) is 30.6 Å². The van der Waals surface area contributed by atoms with E-state index in [2.05, 4.69) is 10.1 Å². The van der Waals surface area contributed by atoms with Gasteiger partial charge in [0.05, 0.1) is 11.6 Å². The molecule has 1 fully saturated rings. The van der Waals surface area contributed by atoms with Gasteiger partial charge in [0.2, 0.25) is 0 Å². The van der Waals surface area contributed by atoms with Crippen molar-refractivity contribution in [2.75, 3.05) is 0 Å². The number of ether oxygens (including phenoxy) is 1. The van der Waals surface area contributed by atoms with E-state index in [1.54, 1.807) is 53.5 Å². The van der Waals surface area contributed by atoms with Crippen molar-refractivity contribution >= 4 is 34.8 Å². The van der Waals surface area contributed by atoms with Gasteiger partial charge < -0.3 is 9.84 Å². The lowest BCUT2D eigenvalue weighted by molar-refractivity contribution is -0.0980. The van der Waals surface area contributed by atoms with E-state index in [0.29, 0.717) is 39.2 Å². The molecule has 140 valence electrons. The first kappa shape index (κ1) is 18.6. The summed E-state index contributed by atoms with van der Waals surface area (Å²) < 4.78 is 7.85. The molecule has 5 nitrogen and oxygen atoms in total. The van der Waals surface area contributed by atoms with Crippen LogP contribution in [0.4, 0.5) is 0 Å². The third-order valence-corrected chi connectivity index (χ3v) is 5.62.